The first-order chi connectivity index (χ1) is 5.47. The van der Waals surface area contributed by atoms with Crippen LogP contribution in [0.4, 0.5) is 0 Å². The predicted molar refractivity (Wildman–Crippen MR) is 52.1 cm³/mol. The van der Waals surface area contributed by atoms with E-state index < -0.39 is 0 Å². The Morgan fingerprint density at radius 1 is 1.00 bits per heavy atom. The summed E-state index contributed by atoms with van der Waals surface area (Å²) in [5, 5.41) is 2.32. The molecule has 0 spiro atoms. The smallest absolute Gasteiger partial charge is 0.0979 e. The van der Waals surface area contributed by atoms with Crippen LogP contribution in [0.5, 0.6) is 0 Å². The van der Waals surface area contributed by atoms with E-state index in [1.807, 2.05) is 30.4 Å². The lowest BCUT2D eigenvalue weighted by Crippen LogP contribution is -2.22. The topological polar surface area (TPSA) is 9.23 Å². The van der Waals surface area contributed by atoms with Gasteiger partial charge < -0.3 is 4.74 Å². The molecule has 0 atom stereocenters. The van der Waals surface area contributed by atoms with Gasteiger partial charge >= 0.3 is 0 Å². The van der Waals surface area contributed by atoms with Crippen molar-refractivity contribution in [1.29, 1.82) is 0 Å². The Hall–Kier alpha value is -1.21. The number of fused-ring (bicyclic) bond motifs is 1. The van der Waals surface area contributed by atoms with Crippen molar-refractivity contribution in [1.82, 2.24) is 0 Å². The fourth-order valence-corrected chi connectivity index (χ4v) is 1.07. The molecule has 0 saturated heterocycles. The summed E-state index contributed by atoms with van der Waals surface area (Å²) in [7, 11) is 0. The van der Waals surface area contributed by atoms with Crippen LogP contribution in [0, 0.1) is 0 Å². The number of allylic oxidation sites excluding steroid dienone is 1. The van der Waals surface area contributed by atoms with Crippen molar-refractivity contribution in [2.24, 2.45) is 0 Å². The molecule has 62 valence electrons. The molecule has 1 heterocycles. The number of halogens is 1. The van der Waals surface area contributed by atoms with E-state index in [2.05, 4.69) is 6.07 Å². The molecule has 0 amide bonds. The number of hydrogen-bond donors (Lipinski definition) is 0. The zero-order valence-corrected chi connectivity index (χ0v) is 7.25. The van der Waals surface area contributed by atoms with Crippen molar-refractivity contribution in [3.05, 3.63) is 47.0 Å². The molecule has 0 unspecified atom stereocenters. The molecule has 1 aliphatic heterocycles. The molecule has 0 radical (unpaired) electrons. The number of rotatable bonds is 0. The maximum Gasteiger partial charge on any atom is 0.0979 e. The maximum absolute atomic E-state index is 5.08. The van der Waals surface area contributed by atoms with Gasteiger partial charge in [-0.15, -0.1) is 12.4 Å². The maximum atomic E-state index is 5.08. The van der Waals surface area contributed by atoms with E-state index in [1.165, 1.54) is 5.22 Å². The standard InChI is InChI=1S/C10H8O.ClH/c1-2-5-10-8-11-7-3-6-9(10)4-1;/h1-8H;1H. The fourth-order valence-electron chi connectivity index (χ4n) is 1.07. The Bertz CT molecular complexity index is 393. The van der Waals surface area contributed by atoms with Gasteiger partial charge in [-0.25, -0.2) is 0 Å². The highest BCUT2D eigenvalue weighted by Crippen LogP contribution is 1.83. The zero-order chi connectivity index (χ0) is 7.52. The molecular formula is C10H9ClO. The molecule has 0 fully saturated rings. The quantitative estimate of drug-likeness (QED) is 0.583. The summed E-state index contributed by atoms with van der Waals surface area (Å²) in [6.07, 6.45) is 7.33. The normalized spacial score (nSPS) is 12.3. The van der Waals surface area contributed by atoms with Crippen LogP contribution in [-0.4, -0.2) is 0 Å². The summed E-state index contributed by atoms with van der Waals surface area (Å²) in [5.41, 5.74) is 0. The molecule has 1 aromatic carbocycles. The Balaban J connectivity index is 0.000000720. The van der Waals surface area contributed by atoms with Gasteiger partial charge in [-0.05, 0) is 11.3 Å². The molecule has 0 saturated carbocycles. The molecule has 12 heavy (non-hydrogen) atoms. The first-order valence-electron chi connectivity index (χ1n) is 3.54. The molecule has 0 bridgehead atoms. The number of benzene rings is 1. The molecule has 1 nitrogen and oxygen atoms in total. The van der Waals surface area contributed by atoms with Crippen molar-refractivity contribution in [3.8, 4) is 0 Å². The van der Waals surface area contributed by atoms with Gasteiger partial charge in [-0.3, -0.25) is 0 Å². The zero-order valence-electron chi connectivity index (χ0n) is 6.44. The molecule has 2 rings (SSSR count). The predicted octanol–water partition coefficient (Wildman–Crippen LogP) is 1.17. The van der Waals surface area contributed by atoms with Gasteiger partial charge in [0, 0.05) is 5.22 Å². The summed E-state index contributed by atoms with van der Waals surface area (Å²) in [4.78, 5) is 0. The third kappa shape index (κ3) is 1.69. The third-order valence-corrected chi connectivity index (χ3v) is 1.62. The first kappa shape index (κ1) is 8.88. The summed E-state index contributed by atoms with van der Waals surface area (Å²) >= 11 is 0. The van der Waals surface area contributed by atoms with Gasteiger partial charge in [0.15, 0.2) is 0 Å². The summed E-state index contributed by atoms with van der Waals surface area (Å²) < 4.78 is 5.08. The Morgan fingerprint density at radius 3 is 2.58 bits per heavy atom. The highest BCUT2D eigenvalue weighted by molar-refractivity contribution is 5.85. The van der Waals surface area contributed by atoms with E-state index in [1.54, 1.807) is 12.5 Å². The lowest BCUT2D eigenvalue weighted by atomic mass is 10.2. The van der Waals surface area contributed by atoms with Gasteiger partial charge in [-0.2, -0.15) is 0 Å². The van der Waals surface area contributed by atoms with E-state index in [0.717, 1.165) is 5.22 Å². The van der Waals surface area contributed by atoms with E-state index in [0.29, 0.717) is 0 Å². The molecule has 0 aliphatic carbocycles. The average molecular weight is 181 g/mol. The second kappa shape index (κ2) is 3.98. The van der Waals surface area contributed by atoms with Crippen LogP contribution < -0.4 is 10.4 Å². The highest BCUT2D eigenvalue weighted by Gasteiger charge is 1.84. The van der Waals surface area contributed by atoms with Crippen LogP contribution in [0.2, 0.25) is 0 Å². The minimum absolute atomic E-state index is 0. The SMILES string of the molecule is C1=COC=c2ccccc2=C1.Cl. The van der Waals surface area contributed by atoms with Crippen molar-refractivity contribution in [2.75, 3.05) is 0 Å². The van der Waals surface area contributed by atoms with Crippen LogP contribution in [0.1, 0.15) is 0 Å². The third-order valence-electron chi connectivity index (χ3n) is 1.62. The van der Waals surface area contributed by atoms with Crippen molar-refractivity contribution < 1.29 is 4.74 Å². The monoisotopic (exact) mass is 180 g/mol. The van der Waals surface area contributed by atoms with Crippen LogP contribution >= 0.6 is 12.4 Å². The van der Waals surface area contributed by atoms with E-state index in [-0.39, 0.29) is 12.4 Å². The second-order valence-electron chi connectivity index (χ2n) is 2.38. The second-order valence-corrected chi connectivity index (χ2v) is 2.38. The van der Waals surface area contributed by atoms with Gasteiger partial charge in [0.2, 0.25) is 0 Å². The van der Waals surface area contributed by atoms with Crippen LogP contribution in [0.25, 0.3) is 12.3 Å². The average Bonchev–Trinajstić information content (AvgIpc) is 2.28. The Kier molecular flexibility index (Phi) is 2.94. The van der Waals surface area contributed by atoms with Crippen LogP contribution in [-0.2, 0) is 4.74 Å². The highest BCUT2D eigenvalue weighted by atomic mass is 35.5. The van der Waals surface area contributed by atoms with Gasteiger partial charge in [0.05, 0.1) is 12.5 Å². The summed E-state index contributed by atoms with van der Waals surface area (Å²) in [6.45, 7) is 0. The van der Waals surface area contributed by atoms with Crippen molar-refractivity contribution >= 4 is 24.7 Å². The largest absolute Gasteiger partial charge is 0.472 e. The van der Waals surface area contributed by atoms with Gasteiger partial charge in [0.1, 0.15) is 0 Å². The molecular weight excluding hydrogens is 172 g/mol. The number of hydrogen-bond acceptors (Lipinski definition) is 1. The minimum Gasteiger partial charge on any atom is -0.472 e. The van der Waals surface area contributed by atoms with Crippen molar-refractivity contribution in [3.63, 3.8) is 0 Å². The fraction of sp³-hybridized carbons (Fsp3) is 0. The molecule has 2 heteroatoms. The van der Waals surface area contributed by atoms with Crippen molar-refractivity contribution in [2.45, 2.75) is 0 Å². The van der Waals surface area contributed by atoms with E-state index in [4.69, 9.17) is 4.74 Å². The Morgan fingerprint density at radius 2 is 1.75 bits per heavy atom. The first-order valence-corrected chi connectivity index (χ1v) is 3.54. The number of ether oxygens (including phenoxy) is 1. The minimum atomic E-state index is 0. The Labute approximate surface area is 77.1 Å². The summed E-state index contributed by atoms with van der Waals surface area (Å²) in [5.74, 6) is 0. The van der Waals surface area contributed by atoms with Crippen LogP contribution in [0.15, 0.2) is 36.6 Å². The van der Waals surface area contributed by atoms with Gasteiger partial charge in [0.25, 0.3) is 0 Å². The van der Waals surface area contributed by atoms with E-state index >= 15 is 0 Å². The van der Waals surface area contributed by atoms with E-state index in [9.17, 15) is 0 Å². The summed E-state index contributed by atoms with van der Waals surface area (Å²) in [6, 6.07) is 8.10. The van der Waals surface area contributed by atoms with Gasteiger partial charge in [-0.1, -0.05) is 30.3 Å². The van der Waals surface area contributed by atoms with Crippen LogP contribution in [0.3, 0.4) is 0 Å². The lowest BCUT2D eigenvalue weighted by molar-refractivity contribution is 0.461. The lowest BCUT2D eigenvalue weighted by Gasteiger charge is -1.86. The molecule has 1 aliphatic rings. The molecule has 1 aromatic rings. The molecule has 0 N–H and O–H groups in total. The molecule has 0 aromatic heterocycles.